The number of benzene rings is 2. The van der Waals surface area contributed by atoms with Crippen molar-refractivity contribution in [3.8, 4) is 0 Å². The van der Waals surface area contributed by atoms with Gasteiger partial charge in [0, 0.05) is 24.1 Å². The van der Waals surface area contributed by atoms with Crippen molar-refractivity contribution >= 4 is 17.5 Å². The quantitative estimate of drug-likeness (QED) is 0.668. The summed E-state index contributed by atoms with van der Waals surface area (Å²) in [5.41, 5.74) is 5.24. The molecule has 5 heteroatoms. The zero-order chi connectivity index (χ0) is 16.8. The highest BCUT2D eigenvalue weighted by atomic mass is 16.2. The van der Waals surface area contributed by atoms with Crippen LogP contribution in [-0.2, 0) is 9.59 Å². The van der Waals surface area contributed by atoms with E-state index >= 15 is 0 Å². The lowest BCUT2D eigenvalue weighted by molar-refractivity contribution is -0.128. The molecule has 0 saturated carbocycles. The van der Waals surface area contributed by atoms with Gasteiger partial charge < -0.3 is 5.32 Å². The van der Waals surface area contributed by atoms with Crippen LogP contribution in [0.3, 0.4) is 0 Å². The number of hydrogen-bond acceptors (Lipinski definition) is 3. The molecule has 2 aromatic carbocycles. The fraction of sp³-hybridized carbons (Fsp3) is 0.211. The number of hydrazone groups is 1. The van der Waals surface area contributed by atoms with Crippen molar-refractivity contribution in [3.63, 3.8) is 0 Å². The van der Waals surface area contributed by atoms with E-state index in [4.69, 9.17) is 0 Å². The molecule has 1 aliphatic heterocycles. The molecule has 1 saturated heterocycles. The van der Waals surface area contributed by atoms with E-state index in [9.17, 15) is 9.59 Å². The molecule has 5 nitrogen and oxygen atoms in total. The molecule has 2 amide bonds. The minimum atomic E-state index is -0.237. The third-order valence-electron chi connectivity index (χ3n) is 4.01. The second-order valence-corrected chi connectivity index (χ2v) is 5.71. The van der Waals surface area contributed by atoms with Crippen molar-refractivity contribution in [2.75, 3.05) is 6.54 Å². The SMILES string of the molecule is O=C1CC[C@H](C(=O)NN=C(c2ccccc2)c2ccccc2)CN1. The Morgan fingerprint density at radius 3 is 2.08 bits per heavy atom. The Morgan fingerprint density at radius 2 is 1.58 bits per heavy atom. The zero-order valence-electron chi connectivity index (χ0n) is 13.2. The number of rotatable bonds is 4. The molecule has 0 radical (unpaired) electrons. The number of nitrogens with one attached hydrogen (secondary N) is 2. The lowest BCUT2D eigenvalue weighted by Crippen LogP contribution is -2.42. The first-order chi connectivity index (χ1) is 11.7. The fourth-order valence-electron chi connectivity index (χ4n) is 2.65. The van der Waals surface area contributed by atoms with Crippen molar-refractivity contribution in [1.29, 1.82) is 0 Å². The Morgan fingerprint density at radius 1 is 1.00 bits per heavy atom. The maximum absolute atomic E-state index is 12.3. The van der Waals surface area contributed by atoms with Crippen molar-refractivity contribution in [3.05, 3.63) is 71.8 Å². The summed E-state index contributed by atoms with van der Waals surface area (Å²) in [6.45, 7) is 0.367. The number of piperidine rings is 1. The highest BCUT2D eigenvalue weighted by molar-refractivity contribution is 6.13. The molecule has 2 N–H and O–H groups in total. The third-order valence-corrected chi connectivity index (χ3v) is 4.01. The number of hydrogen-bond donors (Lipinski definition) is 2. The highest BCUT2D eigenvalue weighted by Gasteiger charge is 2.24. The average Bonchev–Trinajstić information content (AvgIpc) is 2.64. The molecule has 2 aromatic rings. The predicted octanol–water partition coefficient (Wildman–Crippen LogP) is 2.08. The van der Waals surface area contributed by atoms with Crippen LogP contribution >= 0.6 is 0 Å². The molecule has 24 heavy (non-hydrogen) atoms. The van der Waals surface area contributed by atoms with Gasteiger partial charge in [-0.05, 0) is 6.42 Å². The number of nitrogens with zero attached hydrogens (tertiary/aromatic N) is 1. The molecular weight excluding hydrogens is 302 g/mol. The molecule has 1 fully saturated rings. The van der Waals surface area contributed by atoms with Crippen LogP contribution < -0.4 is 10.7 Å². The maximum Gasteiger partial charge on any atom is 0.244 e. The van der Waals surface area contributed by atoms with Gasteiger partial charge in [0.2, 0.25) is 11.8 Å². The minimum Gasteiger partial charge on any atom is -0.355 e. The Balaban J connectivity index is 1.80. The van der Waals surface area contributed by atoms with Gasteiger partial charge in [0.05, 0.1) is 11.6 Å². The van der Waals surface area contributed by atoms with Gasteiger partial charge >= 0.3 is 0 Å². The fourth-order valence-corrected chi connectivity index (χ4v) is 2.65. The van der Waals surface area contributed by atoms with Gasteiger partial charge in [0.25, 0.3) is 0 Å². The molecule has 1 heterocycles. The molecule has 0 aliphatic carbocycles. The Kier molecular flexibility index (Phi) is 5.01. The van der Waals surface area contributed by atoms with Crippen molar-refractivity contribution in [2.45, 2.75) is 12.8 Å². The Hall–Kier alpha value is -2.95. The molecule has 0 aromatic heterocycles. The molecule has 122 valence electrons. The maximum atomic E-state index is 12.3. The van der Waals surface area contributed by atoms with E-state index < -0.39 is 0 Å². The van der Waals surface area contributed by atoms with Crippen LogP contribution in [0.4, 0.5) is 0 Å². The second-order valence-electron chi connectivity index (χ2n) is 5.71. The largest absolute Gasteiger partial charge is 0.355 e. The summed E-state index contributed by atoms with van der Waals surface area (Å²) in [7, 11) is 0. The van der Waals surface area contributed by atoms with Gasteiger partial charge in [0.1, 0.15) is 0 Å². The third kappa shape index (κ3) is 3.87. The van der Waals surface area contributed by atoms with E-state index in [1.54, 1.807) is 0 Å². The van der Waals surface area contributed by atoms with E-state index in [0.29, 0.717) is 25.1 Å². The van der Waals surface area contributed by atoms with Crippen molar-refractivity contribution in [1.82, 2.24) is 10.7 Å². The van der Waals surface area contributed by atoms with Gasteiger partial charge in [0.15, 0.2) is 0 Å². The highest BCUT2D eigenvalue weighted by Crippen LogP contribution is 2.13. The van der Waals surface area contributed by atoms with Crippen LogP contribution in [0.15, 0.2) is 65.8 Å². The van der Waals surface area contributed by atoms with Crippen LogP contribution in [0, 0.1) is 5.92 Å². The van der Waals surface area contributed by atoms with Crippen LogP contribution in [-0.4, -0.2) is 24.1 Å². The normalized spacial score (nSPS) is 16.8. The van der Waals surface area contributed by atoms with E-state index in [1.807, 2.05) is 60.7 Å². The van der Waals surface area contributed by atoms with E-state index in [0.717, 1.165) is 11.1 Å². The first-order valence-electron chi connectivity index (χ1n) is 7.99. The molecule has 1 aliphatic rings. The standard InChI is InChI=1S/C19H19N3O2/c23-17-12-11-16(13-20-17)19(24)22-21-18(14-7-3-1-4-8-14)15-9-5-2-6-10-15/h1-10,16H,11-13H2,(H,20,23)(H,22,24)/t16-/m0/s1. The van der Waals surface area contributed by atoms with Crippen molar-refractivity contribution < 1.29 is 9.59 Å². The molecular formula is C19H19N3O2. The van der Waals surface area contributed by atoms with Gasteiger partial charge in [-0.3, -0.25) is 9.59 Å². The molecule has 0 unspecified atom stereocenters. The summed E-state index contributed by atoms with van der Waals surface area (Å²) in [5.74, 6) is -0.407. The number of carbonyl (C=O) groups excluding carboxylic acids is 2. The first kappa shape index (κ1) is 15.9. The number of carbonyl (C=O) groups is 2. The minimum absolute atomic E-state index is 0.00295. The van der Waals surface area contributed by atoms with Crippen LogP contribution in [0.2, 0.25) is 0 Å². The molecule has 0 bridgehead atoms. The lowest BCUT2D eigenvalue weighted by Gasteiger charge is -2.20. The monoisotopic (exact) mass is 321 g/mol. The van der Waals surface area contributed by atoms with Gasteiger partial charge in [-0.2, -0.15) is 5.10 Å². The summed E-state index contributed by atoms with van der Waals surface area (Å²) in [5, 5.41) is 7.08. The predicted molar refractivity (Wildman–Crippen MR) is 92.4 cm³/mol. The number of amides is 2. The summed E-state index contributed by atoms with van der Waals surface area (Å²) in [6.07, 6.45) is 0.936. The Bertz CT molecular complexity index is 690. The molecule has 1 atom stereocenters. The van der Waals surface area contributed by atoms with E-state index in [2.05, 4.69) is 15.8 Å². The van der Waals surface area contributed by atoms with Crippen LogP contribution in [0.25, 0.3) is 0 Å². The summed E-state index contributed by atoms with van der Waals surface area (Å²) in [4.78, 5) is 23.5. The van der Waals surface area contributed by atoms with E-state index in [-0.39, 0.29) is 17.7 Å². The van der Waals surface area contributed by atoms with Gasteiger partial charge in [-0.1, -0.05) is 60.7 Å². The second kappa shape index (κ2) is 7.55. The average molecular weight is 321 g/mol. The van der Waals surface area contributed by atoms with Crippen molar-refractivity contribution in [2.24, 2.45) is 11.0 Å². The topological polar surface area (TPSA) is 70.6 Å². The zero-order valence-corrected chi connectivity index (χ0v) is 13.2. The van der Waals surface area contributed by atoms with Crippen LogP contribution in [0.5, 0.6) is 0 Å². The van der Waals surface area contributed by atoms with Crippen LogP contribution in [0.1, 0.15) is 24.0 Å². The van der Waals surface area contributed by atoms with Gasteiger partial charge in [-0.15, -0.1) is 0 Å². The Labute approximate surface area is 140 Å². The lowest BCUT2D eigenvalue weighted by atomic mass is 9.99. The summed E-state index contributed by atoms with van der Waals surface area (Å²) >= 11 is 0. The molecule has 0 spiro atoms. The van der Waals surface area contributed by atoms with Gasteiger partial charge in [-0.25, -0.2) is 5.43 Å². The summed E-state index contributed by atoms with van der Waals surface area (Å²) in [6, 6.07) is 19.5. The first-order valence-corrected chi connectivity index (χ1v) is 7.99. The van der Waals surface area contributed by atoms with E-state index in [1.165, 1.54) is 0 Å². The summed E-state index contributed by atoms with van der Waals surface area (Å²) < 4.78 is 0. The molecule has 3 rings (SSSR count). The smallest absolute Gasteiger partial charge is 0.244 e.